The van der Waals surface area contributed by atoms with Gasteiger partial charge in [0.1, 0.15) is 0 Å². The van der Waals surface area contributed by atoms with E-state index in [-0.39, 0.29) is 16.7 Å². The minimum Gasteiger partial charge on any atom is -0.478 e. The molecule has 18 heavy (non-hydrogen) atoms. The van der Waals surface area contributed by atoms with Crippen molar-refractivity contribution in [1.82, 2.24) is 0 Å². The largest absolute Gasteiger partial charge is 0.478 e. The second kappa shape index (κ2) is 5.91. The molecule has 2 rings (SSSR count). The Kier molecular flexibility index (Phi) is 4.25. The lowest BCUT2D eigenvalue weighted by atomic mass is 10.1. The molecular formula is C13H15NO3S. The summed E-state index contributed by atoms with van der Waals surface area (Å²) in [5.41, 5.74) is 0.507. The van der Waals surface area contributed by atoms with Crippen molar-refractivity contribution in [3.8, 4) is 0 Å². The lowest BCUT2D eigenvalue weighted by Crippen LogP contribution is -2.28. The van der Waals surface area contributed by atoms with Crippen molar-refractivity contribution in [2.75, 3.05) is 11.1 Å². The maximum Gasteiger partial charge on any atom is 0.337 e. The number of amides is 1. The van der Waals surface area contributed by atoms with E-state index in [0.29, 0.717) is 5.69 Å². The van der Waals surface area contributed by atoms with Crippen molar-refractivity contribution in [2.45, 2.75) is 24.5 Å². The second-order valence-corrected chi connectivity index (χ2v) is 5.51. The van der Waals surface area contributed by atoms with Crippen molar-refractivity contribution in [2.24, 2.45) is 0 Å². The summed E-state index contributed by atoms with van der Waals surface area (Å²) in [6, 6.07) is 6.48. The normalized spacial score (nSPS) is 19.2. The highest BCUT2D eigenvalue weighted by molar-refractivity contribution is 8.00. The number of carbonyl (C=O) groups excluding carboxylic acids is 1. The van der Waals surface area contributed by atoms with Gasteiger partial charge in [0.25, 0.3) is 0 Å². The van der Waals surface area contributed by atoms with Crippen molar-refractivity contribution in [1.29, 1.82) is 0 Å². The molecular weight excluding hydrogens is 250 g/mol. The first kappa shape index (κ1) is 13.0. The molecule has 1 fully saturated rings. The number of carboxylic acid groups (broad SMARTS) is 1. The molecule has 0 saturated carbocycles. The molecule has 0 aromatic heterocycles. The van der Waals surface area contributed by atoms with E-state index in [1.807, 2.05) is 0 Å². The summed E-state index contributed by atoms with van der Waals surface area (Å²) in [4.78, 5) is 23.0. The number of para-hydroxylation sites is 1. The van der Waals surface area contributed by atoms with Gasteiger partial charge in [-0.1, -0.05) is 18.6 Å². The number of nitrogens with one attached hydrogen (secondary N) is 1. The van der Waals surface area contributed by atoms with Gasteiger partial charge in [-0.15, -0.1) is 11.8 Å². The predicted molar refractivity (Wildman–Crippen MR) is 72.1 cm³/mol. The van der Waals surface area contributed by atoms with Crippen LogP contribution in [0, 0.1) is 0 Å². The molecule has 5 heteroatoms. The van der Waals surface area contributed by atoms with Crippen LogP contribution in [0.5, 0.6) is 0 Å². The SMILES string of the molecule is O=C(O)c1ccccc1NC(=O)C1CCCCS1. The Balaban J connectivity index is 2.08. The van der Waals surface area contributed by atoms with Crippen molar-refractivity contribution in [3.63, 3.8) is 0 Å². The van der Waals surface area contributed by atoms with E-state index in [1.54, 1.807) is 30.0 Å². The van der Waals surface area contributed by atoms with Crippen molar-refractivity contribution < 1.29 is 14.7 Å². The molecule has 0 bridgehead atoms. The van der Waals surface area contributed by atoms with Crippen LogP contribution in [0.3, 0.4) is 0 Å². The number of hydrogen-bond acceptors (Lipinski definition) is 3. The molecule has 2 N–H and O–H groups in total. The number of carboxylic acids is 1. The van der Waals surface area contributed by atoms with Gasteiger partial charge in [0.15, 0.2) is 0 Å². The highest BCUT2D eigenvalue weighted by Gasteiger charge is 2.22. The Morgan fingerprint density at radius 3 is 2.72 bits per heavy atom. The van der Waals surface area contributed by atoms with Gasteiger partial charge in [-0.25, -0.2) is 4.79 Å². The second-order valence-electron chi connectivity index (χ2n) is 4.20. The lowest BCUT2D eigenvalue weighted by molar-refractivity contribution is -0.115. The molecule has 1 unspecified atom stereocenters. The number of aromatic carboxylic acids is 1. The van der Waals surface area contributed by atoms with Gasteiger partial charge in [-0.05, 0) is 30.7 Å². The predicted octanol–water partition coefficient (Wildman–Crippen LogP) is 2.61. The molecule has 1 aliphatic heterocycles. The zero-order valence-electron chi connectivity index (χ0n) is 9.89. The Morgan fingerprint density at radius 2 is 2.06 bits per heavy atom. The average Bonchev–Trinajstić information content (AvgIpc) is 2.40. The van der Waals surface area contributed by atoms with Crippen LogP contribution < -0.4 is 5.32 Å². The first-order valence-corrected chi connectivity index (χ1v) is 6.98. The van der Waals surface area contributed by atoms with Gasteiger partial charge in [-0.2, -0.15) is 0 Å². The van der Waals surface area contributed by atoms with E-state index in [4.69, 9.17) is 5.11 Å². The molecule has 0 spiro atoms. The maximum atomic E-state index is 12.0. The van der Waals surface area contributed by atoms with E-state index >= 15 is 0 Å². The van der Waals surface area contributed by atoms with Crippen LogP contribution in [-0.2, 0) is 4.79 Å². The molecule has 1 heterocycles. The van der Waals surface area contributed by atoms with Crippen LogP contribution in [0.4, 0.5) is 5.69 Å². The lowest BCUT2D eigenvalue weighted by Gasteiger charge is -2.20. The van der Waals surface area contributed by atoms with E-state index in [0.717, 1.165) is 25.0 Å². The quantitative estimate of drug-likeness (QED) is 0.881. The average molecular weight is 265 g/mol. The monoisotopic (exact) mass is 265 g/mol. The van der Waals surface area contributed by atoms with E-state index in [2.05, 4.69) is 5.32 Å². The molecule has 0 radical (unpaired) electrons. The third-order valence-electron chi connectivity index (χ3n) is 2.89. The Bertz CT molecular complexity index is 455. The van der Waals surface area contributed by atoms with E-state index < -0.39 is 5.97 Å². The summed E-state index contributed by atoms with van der Waals surface area (Å²) in [5, 5.41) is 11.7. The molecule has 1 saturated heterocycles. The minimum atomic E-state index is -1.03. The number of hydrogen-bond donors (Lipinski definition) is 2. The third kappa shape index (κ3) is 3.04. The van der Waals surface area contributed by atoms with E-state index in [1.165, 1.54) is 6.07 Å². The highest BCUT2D eigenvalue weighted by Crippen LogP contribution is 2.26. The highest BCUT2D eigenvalue weighted by atomic mass is 32.2. The van der Waals surface area contributed by atoms with Crippen LogP contribution in [-0.4, -0.2) is 28.0 Å². The van der Waals surface area contributed by atoms with Gasteiger partial charge in [0, 0.05) is 0 Å². The molecule has 1 atom stereocenters. The molecule has 1 aromatic rings. The standard InChI is InChI=1S/C13H15NO3S/c15-12(11-7-3-4-8-18-11)14-10-6-2-1-5-9(10)13(16)17/h1-2,5-6,11H,3-4,7-8H2,(H,14,15)(H,16,17). The van der Waals surface area contributed by atoms with Gasteiger partial charge in [0.2, 0.25) is 5.91 Å². The summed E-state index contributed by atoms with van der Waals surface area (Å²) in [5.74, 6) is -0.117. The number of benzene rings is 1. The van der Waals surface area contributed by atoms with Crippen LogP contribution in [0.15, 0.2) is 24.3 Å². The summed E-state index contributed by atoms with van der Waals surface area (Å²) in [7, 11) is 0. The Hall–Kier alpha value is -1.49. The number of thioether (sulfide) groups is 1. The topological polar surface area (TPSA) is 66.4 Å². The van der Waals surface area contributed by atoms with Crippen LogP contribution in [0.1, 0.15) is 29.6 Å². The molecule has 96 valence electrons. The van der Waals surface area contributed by atoms with Crippen LogP contribution in [0.25, 0.3) is 0 Å². The van der Waals surface area contributed by atoms with Crippen molar-refractivity contribution in [3.05, 3.63) is 29.8 Å². The fourth-order valence-electron chi connectivity index (χ4n) is 1.94. The maximum absolute atomic E-state index is 12.0. The zero-order chi connectivity index (χ0) is 13.0. The van der Waals surface area contributed by atoms with Gasteiger partial charge < -0.3 is 10.4 Å². The van der Waals surface area contributed by atoms with Gasteiger partial charge in [0.05, 0.1) is 16.5 Å². The molecule has 1 aliphatic rings. The van der Waals surface area contributed by atoms with Crippen LogP contribution in [0.2, 0.25) is 0 Å². The van der Waals surface area contributed by atoms with Crippen LogP contribution >= 0.6 is 11.8 Å². The smallest absolute Gasteiger partial charge is 0.337 e. The van der Waals surface area contributed by atoms with E-state index in [9.17, 15) is 9.59 Å². The molecule has 1 aromatic carbocycles. The van der Waals surface area contributed by atoms with Gasteiger partial charge in [-0.3, -0.25) is 4.79 Å². The summed E-state index contributed by atoms with van der Waals surface area (Å²) in [6.45, 7) is 0. The van der Waals surface area contributed by atoms with Crippen molar-refractivity contribution >= 4 is 29.3 Å². The number of anilines is 1. The molecule has 0 aliphatic carbocycles. The molecule has 1 amide bonds. The minimum absolute atomic E-state index is 0.0550. The summed E-state index contributed by atoms with van der Waals surface area (Å²) in [6.07, 6.45) is 3.08. The summed E-state index contributed by atoms with van der Waals surface area (Å²) < 4.78 is 0. The molecule has 4 nitrogen and oxygen atoms in total. The fraction of sp³-hybridized carbons (Fsp3) is 0.385. The third-order valence-corrected chi connectivity index (χ3v) is 4.26. The zero-order valence-corrected chi connectivity index (χ0v) is 10.7. The number of rotatable bonds is 3. The first-order chi connectivity index (χ1) is 8.68. The summed E-state index contributed by atoms with van der Waals surface area (Å²) >= 11 is 1.65. The Morgan fingerprint density at radius 1 is 1.28 bits per heavy atom. The Labute approximate surface area is 110 Å². The fourth-order valence-corrected chi connectivity index (χ4v) is 3.14. The van der Waals surface area contributed by atoms with Gasteiger partial charge >= 0.3 is 5.97 Å². The number of carbonyl (C=O) groups is 2. The first-order valence-electron chi connectivity index (χ1n) is 5.93.